The fraction of sp³-hybridized carbons (Fsp3) is 0. The first-order valence-electron chi connectivity index (χ1n) is 14.9. The molecule has 0 atom stereocenters. The van der Waals surface area contributed by atoms with Gasteiger partial charge in [0.2, 0.25) is 0 Å². The van der Waals surface area contributed by atoms with Crippen LogP contribution >= 0.6 is 0 Å². The van der Waals surface area contributed by atoms with Gasteiger partial charge in [-0.25, -0.2) is 19.9 Å². The van der Waals surface area contributed by atoms with E-state index in [4.69, 9.17) is 19.9 Å². The second kappa shape index (κ2) is 11.5. The minimum absolute atomic E-state index is 0.669. The zero-order valence-electron chi connectivity index (χ0n) is 24.3. The van der Waals surface area contributed by atoms with Gasteiger partial charge >= 0.3 is 0 Å². The van der Waals surface area contributed by atoms with Gasteiger partial charge in [0, 0.05) is 39.7 Å². The molecule has 5 heteroatoms. The predicted molar refractivity (Wildman–Crippen MR) is 182 cm³/mol. The zero-order valence-corrected chi connectivity index (χ0v) is 24.3. The Morgan fingerprint density at radius 3 is 1.58 bits per heavy atom. The van der Waals surface area contributed by atoms with Gasteiger partial charge in [0.1, 0.15) is 11.3 Å². The fourth-order valence-corrected chi connectivity index (χ4v) is 5.72. The molecule has 0 radical (unpaired) electrons. The highest BCUT2D eigenvalue weighted by atomic mass is 15.1. The Morgan fingerprint density at radius 2 is 0.956 bits per heavy atom. The molecule has 0 spiro atoms. The van der Waals surface area contributed by atoms with E-state index in [1.54, 1.807) is 0 Å². The van der Waals surface area contributed by atoms with Crippen molar-refractivity contribution in [2.24, 2.45) is 0 Å². The van der Waals surface area contributed by atoms with E-state index in [-0.39, 0.29) is 0 Å². The average molecular weight is 578 g/mol. The van der Waals surface area contributed by atoms with Gasteiger partial charge in [-0.05, 0) is 35.9 Å². The van der Waals surface area contributed by atoms with E-state index >= 15 is 0 Å². The number of aromatic nitrogens is 5. The maximum Gasteiger partial charge on any atom is 0.165 e. The molecule has 0 saturated carbocycles. The Hall–Kier alpha value is -6.20. The Balaban J connectivity index is 1.30. The van der Waals surface area contributed by atoms with Crippen LogP contribution < -0.4 is 0 Å². The summed E-state index contributed by atoms with van der Waals surface area (Å²) < 4.78 is 2.14. The lowest BCUT2D eigenvalue weighted by atomic mass is 10.0. The lowest BCUT2D eigenvalue weighted by Crippen LogP contribution is -1.98. The average Bonchev–Trinajstić information content (AvgIpc) is 3.53. The molecule has 0 bridgehead atoms. The number of fused-ring (bicyclic) bond motifs is 1. The third-order valence-electron chi connectivity index (χ3n) is 7.89. The first kappa shape index (κ1) is 26.4. The summed E-state index contributed by atoms with van der Waals surface area (Å²) in [5, 5.41) is 0. The zero-order chi connectivity index (χ0) is 30.0. The third kappa shape index (κ3) is 5.07. The van der Waals surface area contributed by atoms with Crippen molar-refractivity contribution in [2.75, 3.05) is 0 Å². The Kier molecular flexibility index (Phi) is 6.74. The fourth-order valence-electron chi connectivity index (χ4n) is 5.72. The smallest absolute Gasteiger partial charge is 0.165 e. The Labute approximate surface area is 261 Å². The van der Waals surface area contributed by atoms with E-state index in [9.17, 15) is 0 Å². The molecule has 3 aromatic heterocycles. The van der Waals surface area contributed by atoms with Crippen LogP contribution in [0.4, 0.5) is 0 Å². The summed E-state index contributed by atoms with van der Waals surface area (Å²) in [7, 11) is 0. The largest absolute Gasteiger partial charge is 0.277 e. The van der Waals surface area contributed by atoms with Crippen molar-refractivity contribution >= 4 is 11.2 Å². The van der Waals surface area contributed by atoms with Crippen molar-refractivity contribution in [3.8, 4) is 62.1 Å². The summed E-state index contributed by atoms with van der Waals surface area (Å²) in [4.78, 5) is 20.2. The molecule has 0 saturated heterocycles. The van der Waals surface area contributed by atoms with E-state index in [0.717, 1.165) is 67.4 Å². The van der Waals surface area contributed by atoms with Crippen LogP contribution in [0.25, 0.3) is 73.3 Å². The standard InChI is InChI=1S/C40H27N5/c1-5-14-28(15-6-1)35-27-36(29-16-7-2-8-17-29)43-38(42-35)32-21-13-20-31(26-32)34-24-25-41-40-37(34)44-39(30-18-9-3-10-19-30)45(40)33-22-11-4-12-23-33/h1-27H. The molecule has 3 heterocycles. The number of hydrogen-bond donors (Lipinski definition) is 0. The van der Waals surface area contributed by atoms with Crippen LogP contribution in [0, 0.1) is 0 Å². The van der Waals surface area contributed by atoms with Crippen LogP contribution in [0.15, 0.2) is 164 Å². The molecule has 0 unspecified atom stereocenters. The maximum atomic E-state index is 5.21. The number of hydrogen-bond acceptors (Lipinski definition) is 4. The van der Waals surface area contributed by atoms with Gasteiger partial charge in [0.15, 0.2) is 11.5 Å². The van der Waals surface area contributed by atoms with Gasteiger partial charge < -0.3 is 0 Å². The molecule has 45 heavy (non-hydrogen) atoms. The molecule has 0 aliphatic heterocycles. The molecule has 0 aliphatic rings. The van der Waals surface area contributed by atoms with Gasteiger partial charge in [0.25, 0.3) is 0 Å². The van der Waals surface area contributed by atoms with Crippen molar-refractivity contribution in [3.63, 3.8) is 0 Å². The van der Waals surface area contributed by atoms with Crippen LogP contribution in [-0.4, -0.2) is 24.5 Å². The molecule has 8 rings (SSSR count). The van der Waals surface area contributed by atoms with Crippen molar-refractivity contribution in [1.82, 2.24) is 24.5 Å². The van der Waals surface area contributed by atoms with Gasteiger partial charge in [-0.3, -0.25) is 4.57 Å². The van der Waals surface area contributed by atoms with Crippen molar-refractivity contribution in [3.05, 3.63) is 164 Å². The van der Waals surface area contributed by atoms with Crippen molar-refractivity contribution < 1.29 is 0 Å². The number of rotatable bonds is 6. The molecule has 0 aliphatic carbocycles. The summed E-state index contributed by atoms with van der Waals surface area (Å²) in [5.74, 6) is 1.52. The van der Waals surface area contributed by atoms with E-state index in [0.29, 0.717) is 5.82 Å². The summed E-state index contributed by atoms with van der Waals surface area (Å²) in [6.45, 7) is 0. The molecular weight excluding hydrogens is 550 g/mol. The van der Waals surface area contributed by atoms with E-state index in [1.807, 2.05) is 85.1 Å². The number of pyridine rings is 1. The molecule has 0 N–H and O–H groups in total. The summed E-state index contributed by atoms with van der Waals surface area (Å²) in [6, 6.07) is 53.5. The minimum Gasteiger partial charge on any atom is -0.277 e. The molecule has 5 aromatic carbocycles. The normalized spacial score (nSPS) is 11.1. The highest BCUT2D eigenvalue weighted by Gasteiger charge is 2.19. The van der Waals surface area contributed by atoms with E-state index in [1.165, 1.54) is 0 Å². The highest BCUT2D eigenvalue weighted by Crippen LogP contribution is 2.35. The van der Waals surface area contributed by atoms with Crippen LogP contribution in [0.1, 0.15) is 0 Å². The van der Waals surface area contributed by atoms with Crippen LogP contribution in [0.3, 0.4) is 0 Å². The van der Waals surface area contributed by atoms with E-state index < -0.39 is 0 Å². The van der Waals surface area contributed by atoms with Gasteiger partial charge in [-0.1, -0.05) is 127 Å². The first-order chi connectivity index (χ1) is 22.3. The SMILES string of the molecule is c1ccc(-c2cc(-c3ccccc3)nc(-c3cccc(-c4ccnc5c4nc(-c4ccccc4)n5-c4ccccc4)c3)n2)cc1. The Bertz CT molecular complexity index is 2190. The second-order valence-electron chi connectivity index (χ2n) is 10.8. The van der Waals surface area contributed by atoms with Crippen LogP contribution in [0.5, 0.6) is 0 Å². The number of nitrogens with zero attached hydrogens (tertiary/aromatic N) is 5. The number of para-hydroxylation sites is 1. The van der Waals surface area contributed by atoms with Crippen molar-refractivity contribution in [1.29, 1.82) is 0 Å². The minimum atomic E-state index is 0.669. The Morgan fingerprint density at radius 1 is 0.422 bits per heavy atom. The topological polar surface area (TPSA) is 56.5 Å². The molecular formula is C40H27N5. The highest BCUT2D eigenvalue weighted by molar-refractivity contribution is 5.94. The lowest BCUT2D eigenvalue weighted by molar-refractivity contribution is 1.08. The van der Waals surface area contributed by atoms with Gasteiger partial charge in [0.05, 0.1) is 11.4 Å². The summed E-state index contributed by atoms with van der Waals surface area (Å²) in [5.41, 5.74) is 10.5. The molecule has 212 valence electrons. The van der Waals surface area contributed by atoms with Crippen LogP contribution in [0.2, 0.25) is 0 Å². The molecule has 0 amide bonds. The first-order valence-corrected chi connectivity index (χ1v) is 14.9. The van der Waals surface area contributed by atoms with E-state index in [2.05, 4.69) is 83.4 Å². The summed E-state index contributed by atoms with van der Waals surface area (Å²) in [6.07, 6.45) is 1.86. The van der Waals surface area contributed by atoms with Crippen molar-refractivity contribution in [2.45, 2.75) is 0 Å². The number of benzene rings is 5. The number of imidazole rings is 1. The second-order valence-corrected chi connectivity index (χ2v) is 10.8. The van der Waals surface area contributed by atoms with Crippen LogP contribution in [-0.2, 0) is 0 Å². The monoisotopic (exact) mass is 577 g/mol. The quantitative estimate of drug-likeness (QED) is 0.197. The third-order valence-corrected chi connectivity index (χ3v) is 7.89. The molecule has 8 aromatic rings. The predicted octanol–water partition coefficient (Wildman–Crippen LogP) is 9.55. The summed E-state index contributed by atoms with van der Waals surface area (Å²) >= 11 is 0. The maximum absolute atomic E-state index is 5.21. The molecule has 5 nitrogen and oxygen atoms in total. The van der Waals surface area contributed by atoms with Gasteiger partial charge in [-0.2, -0.15) is 0 Å². The molecule has 0 fully saturated rings. The lowest BCUT2D eigenvalue weighted by Gasteiger charge is -2.11. The van der Waals surface area contributed by atoms with Gasteiger partial charge in [-0.15, -0.1) is 0 Å².